The number of alkyl halides is 24. The van der Waals surface area contributed by atoms with Gasteiger partial charge >= 0.3 is 49.4 Å². The van der Waals surface area contributed by atoms with Gasteiger partial charge in [-0.1, -0.05) is 47.7 Å². The van der Waals surface area contributed by atoms with E-state index in [4.69, 9.17) is 0 Å². The SMILES string of the molecule is C[Si](C)(c1ccc(-n2c3c(C(F)(F)F)cc(C(F)(F)F)cc3c3cc(C(F)(F)F)cc(C(F)(F)F)c32)cc1)c1ccc(-n2c3c(C(F)(F)F)cc(C(F)(F)F)cc3c3cc(C(F)(F)F)cc(C(F)(F)F)c32)cc1. The van der Waals surface area contributed by atoms with E-state index in [1.165, 1.54) is 13.1 Å². The molecule has 0 amide bonds. The van der Waals surface area contributed by atoms with Crippen molar-refractivity contribution in [2.45, 2.75) is 62.5 Å². The van der Waals surface area contributed by atoms with Crippen LogP contribution >= 0.6 is 0 Å². The minimum absolute atomic E-state index is 0.0372. The van der Waals surface area contributed by atoms with Gasteiger partial charge in [0.05, 0.1) is 66.6 Å². The van der Waals surface area contributed by atoms with Crippen molar-refractivity contribution in [1.82, 2.24) is 9.13 Å². The van der Waals surface area contributed by atoms with Crippen LogP contribution in [0.5, 0.6) is 0 Å². The van der Waals surface area contributed by atoms with Crippen LogP contribution in [0, 0.1) is 0 Å². The van der Waals surface area contributed by atoms with Crippen LogP contribution in [0.4, 0.5) is 105 Å². The summed E-state index contributed by atoms with van der Waals surface area (Å²) < 4.78 is 345. The Balaban J connectivity index is 1.34. The van der Waals surface area contributed by atoms with E-state index < -0.39 is 181 Å². The first-order valence-corrected chi connectivity index (χ1v) is 23.1. The fourth-order valence-corrected chi connectivity index (χ4v) is 11.1. The second-order valence-corrected chi connectivity index (χ2v) is 21.5. The molecule has 0 bridgehead atoms. The number of hydrogen-bond donors (Lipinski definition) is 0. The van der Waals surface area contributed by atoms with Crippen LogP contribution in [0.3, 0.4) is 0 Å². The van der Waals surface area contributed by atoms with Crippen LogP contribution in [0.2, 0.25) is 13.1 Å². The maximum Gasteiger partial charge on any atom is 0.418 e. The van der Waals surface area contributed by atoms with E-state index in [1.807, 2.05) is 0 Å². The van der Waals surface area contributed by atoms with Gasteiger partial charge < -0.3 is 9.13 Å². The highest BCUT2D eigenvalue weighted by atomic mass is 28.3. The molecule has 6 aromatic carbocycles. The van der Waals surface area contributed by atoms with Gasteiger partial charge in [-0.25, -0.2) is 0 Å². The second kappa shape index (κ2) is 16.2. The summed E-state index contributed by atoms with van der Waals surface area (Å²) in [6, 6.07) is 6.07. The van der Waals surface area contributed by atoms with Gasteiger partial charge in [-0.05, 0) is 72.8 Å². The maximum absolute atomic E-state index is 14.7. The van der Waals surface area contributed by atoms with E-state index in [0.717, 1.165) is 48.5 Å². The predicted molar refractivity (Wildman–Crippen MR) is 218 cm³/mol. The summed E-state index contributed by atoms with van der Waals surface area (Å²) in [6.07, 6.45) is -45.5. The van der Waals surface area contributed by atoms with Gasteiger partial charge in [-0.2, -0.15) is 105 Å². The Morgan fingerprint density at radius 3 is 0.630 bits per heavy atom. The lowest BCUT2D eigenvalue weighted by molar-refractivity contribution is -0.144. The molecule has 0 aliphatic heterocycles. The summed E-state index contributed by atoms with van der Waals surface area (Å²) in [6.45, 7) is 3.03. The van der Waals surface area contributed by atoms with Gasteiger partial charge in [-0.15, -0.1) is 0 Å². The molecule has 0 unspecified atom stereocenters. The standard InChI is InChI=1S/C46H22F24N2Si/c1-73(2,25-7-3-23(4-8-25)71-35-27(11-19(39(47,48)49)15-31(35)43(59,60)61)28-12-20(40(50,51)52)16-32(36(28)71)44(62,63)64)26-9-5-24(6-10-26)72-37-29(13-21(41(53,54)55)17-33(37)45(65,66)67)30-14-22(42(56,57)58)18-34(38(30)72)46(68,69)70/h3-18H,1-2H3. The molecule has 8 aromatic rings. The van der Waals surface area contributed by atoms with Crippen LogP contribution in [0.1, 0.15) is 44.5 Å². The van der Waals surface area contributed by atoms with Crippen molar-refractivity contribution in [3.63, 3.8) is 0 Å². The molecule has 0 fully saturated rings. The molecule has 388 valence electrons. The van der Waals surface area contributed by atoms with Crippen molar-refractivity contribution in [3.05, 3.63) is 142 Å². The highest BCUT2D eigenvalue weighted by Crippen LogP contribution is 2.51. The van der Waals surface area contributed by atoms with Gasteiger partial charge in [0.1, 0.15) is 8.07 Å². The average Bonchev–Trinajstić information content (AvgIpc) is 3.75. The Hall–Kier alpha value is -6.54. The van der Waals surface area contributed by atoms with Crippen LogP contribution < -0.4 is 10.4 Å². The summed E-state index contributed by atoms with van der Waals surface area (Å²) in [5.41, 5.74) is -24.0. The first-order chi connectivity index (χ1) is 33.0. The van der Waals surface area contributed by atoms with E-state index in [2.05, 4.69) is 0 Å². The zero-order chi connectivity index (χ0) is 54.5. The van der Waals surface area contributed by atoms with Crippen molar-refractivity contribution in [2.75, 3.05) is 0 Å². The largest absolute Gasteiger partial charge is 0.418 e. The Kier molecular flexibility index (Phi) is 11.7. The third kappa shape index (κ3) is 9.18. The van der Waals surface area contributed by atoms with Gasteiger partial charge in [0, 0.05) is 32.9 Å². The summed E-state index contributed by atoms with van der Waals surface area (Å²) in [4.78, 5) is 0. The molecule has 0 spiro atoms. The maximum atomic E-state index is 14.7. The molecule has 73 heavy (non-hydrogen) atoms. The molecular weight excluding hydrogens is 1060 g/mol. The molecular formula is C46H22F24N2Si. The van der Waals surface area contributed by atoms with Crippen LogP contribution in [-0.4, -0.2) is 17.2 Å². The lowest BCUT2D eigenvalue weighted by Crippen LogP contribution is -2.52. The molecule has 0 N–H and O–H groups in total. The molecule has 0 aliphatic carbocycles. The van der Waals surface area contributed by atoms with E-state index >= 15 is 0 Å². The van der Waals surface area contributed by atoms with Crippen molar-refractivity contribution in [3.8, 4) is 11.4 Å². The molecule has 0 aliphatic rings. The number of fused-ring (bicyclic) bond motifs is 6. The average molecular weight is 1090 g/mol. The summed E-state index contributed by atoms with van der Waals surface area (Å²) in [7, 11) is -3.40. The quantitative estimate of drug-likeness (QED) is 0.123. The van der Waals surface area contributed by atoms with E-state index in [9.17, 15) is 105 Å². The van der Waals surface area contributed by atoms with Gasteiger partial charge in [-0.3, -0.25) is 0 Å². The molecule has 2 heterocycles. The van der Waals surface area contributed by atoms with Crippen molar-refractivity contribution >= 4 is 62.1 Å². The van der Waals surface area contributed by atoms with Crippen LogP contribution in [0.15, 0.2) is 97.1 Å². The fourth-order valence-electron chi connectivity index (χ4n) is 8.80. The smallest absolute Gasteiger partial charge is 0.308 e. The summed E-state index contributed by atoms with van der Waals surface area (Å²) in [5, 5.41) is -4.84. The molecule has 2 nitrogen and oxygen atoms in total. The third-order valence-corrected chi connectivity index (χ3v) is 15.7. The highest BCUT2D eigenvalue weighted by molar-refractivity contribution is 7.00. The number of rotatable bonds is 4. The van der Waals surface area contributed by atoms with E-state index in [1.54, 1.807) is 0 Å². The number of nitrogens with zero attached hydrogens (tertiary/aromatic N) is 2. The molecule has 2 aromatic heterocycles. The molecule has 0 saturated carbocycles. The zero-order valence-corrected chi connectivity index (χ0v) is 36.7. The monoisotopic (exact) mass is 1090 g/mol. The number of halogens is 24. The number of benzene rings is 6. The molecule has 0 saturated heterocycles. The van der Waals surface area contributed by atoms with Gasteiger partial charge in [0.25, 0.3) is 0 Å². The second-order valence-electron chi connectivity index (χ2n) is 17.1. The topological polar surface area (TPSA) is 9.86 Å². The van der Waals surface area contributed by atoms with Crippen molar-refractivity contribution in [2.24, 2.45) is 0 Å². The predicted octanol–water partition coefficient (Wildman–Crippen LogP) is 16.9. The lowest BCUT2D eigenvalue weighted by Gasteiger charge is -2.25. The lowest BCUT2D eigenvalue weighted by atomic mass is 10.0. The van der Waals surface area contributed by atoms with E-state index in [-0.39, 0.29) is 43.8 Å². The minimum atomic E-state index is -5.78. The number of hydrogen-bond acceptors (Lipinski definition) is 0. The molecule has 8 rings (SSSR count). The van der Waals surface area contributed by atoms with Crippen LogP contribution in [-0.2, 0) is 49.4 Å². The van der Waals surface area contributed by atoms with Gasteiger partial charge in [0.2, 0.25) is 0 Å². The Bertz CT molecular complexity index is 3090. The summed E-state index contributed by atoms with van der Waals surface area (Å²) in [5.74, 6) is 0. The fraction of sp³-hybridized carbons (Fsp3) is 0.217. The number of aromatic nitrogens is 2. The molecule has 27 heteroatoms. The third-order valence-electron chi connectivity index (χ3n) is 12.1. The van der Waals surface area contributed by atoms with Crippen molar-refractivity contribution in [1.29, 1.82) is 0 Å². The van der Waals surface area contributed by atoms with E-state index in [0.29, 0.717) is 0 Å². The van der Waals surface area contributed by atoms with Crippen molar-refractivity contribution < 1.29 is 105 Å². The Labute approximate surface area is 391 Å². The van der Waals surface area contributed by atoms with Crippen LogP contribution in [0.25, 0.3) is 55.0 Å². The zero-order valence-electron chi connectivity index (χ0n) is 35.7. The summed E-state index contributed by atoms with van der Waals surface area (Å²) >= 11 is 0. The Morgan fingerprint density at radius 2 is 0.466 bits per heavy atom. The first-order valence-electron chi connectivity index (χ1n) is 20.1. The van der Waals surface area contributed by atoms with Gasteiger partial charge in [0.15, 0.2) is 0 Å². The molecule has 0 radical (unpaired) electrons. The highest BCUT2D eigenvalue weighted by Gasteiger charge is 2.46. The molecule has 0 atom stereocenters. The first kappa shape index (κ1) is 52.8. The minimum Gasteiger partial charge on any atom is -0.308 e. The Morgan fingerprint density at radius 1 is 0.274 bits per heavy atom. The normalized spacial score (nSPS) is 14.2.